The maximum absolute atomic E-state index is 12.9. The summed E-state index contributed by atoms with van der Waals surface area (Å²) >= 11 is 0. The molecular weight excluding hydrogens is 362 g/mol. The molecule has 0 unspecified atom stereocenters. The second-order valence-electron chi connectivity index (χ2n) is 8.12. The fraction of sp³-hybridized carbons (Fsp3) is 0.200. The van der Waals surface area contributed by atoms with Crippen LogP contribution in [0.4, 0.5) is 5.69 Å². The first kappa shape index (κ1) is 16.5. The number of imide groups is 1. The maximum atomic E-state index is 12.9. The van der Waals surface area contributed by atoms with E-state index in [9.17, 15) is 9.59 Å². The molecule has 2 fully saturated rings. The van der Waals surface area contributed by atoms with Crippen LogP contribution in [-0.4, -0.2) is 11.8 Å². The zero-order valence-corrected chi connectivity index (χ0v) is 15.7. The molecular formula is C25H19NO3. The van der Waals surface area contributed by atoms with Crippen molar-refractivity contribution in [2.75, 3.05) is 4.90 Å². The molecule has 0 aromatic heterocycles. The summed E-state index contributed by atoms with van der Waals surface area (Å²) in [6.45, 7) is 0. The highest BCUT2D eigenvalue weighted by Crippen LogP contribution is 2.53. The second-order valence-corrected chi connectivity index (χ2v) is 8.12. The molecule has 29 heavy (non-hydrogen) atoms. The van der Waals surface area contributed by atoms with Crippen molar-refractivity contribution in [3.05, 3.63) is 78.9 Å². The predicted octanol–water partition coefficient (Wildman–Crippen LogP) is 4.94. The van der Waals surface area contributed by atoms with E-state index in [1.807, 2.05) is 42.5 Å². The lowest BCUT2D eigenvalue weighted by atomic mass is 9.85. The third-order valence-electron chi connectivity index (χ3n) is 6.52. The Bertz CT molecular complexity index is 1150. The molecule has 142 valence electrons. The quantitative estimate of drug-likeness (QED) is 0.477. The Hall–Kier alpha value is -3.40. The zero-order valence-electron chi connectivity index (χ0n) is 15.7. The molecule has 4 atom stereocenters. The number of amides is 2. The molecule has 0 radical (unpaired) electrons. The van der Waals surface area contributed by atoms with Gasteiger partial charge >= 0.3 is 0 Å². The van der Waals surface area contributed by atoms with Gasteiger partial charge in [0.15, 0.2) is 0 Å². The second kappa shape index (κ2) is 6.05. The number of rotatable bonds is 3. The summed E-state index contributed by atoms with van der Waals surface area (Å²) in [6, 6.07) is 21.3. The van der Waals surface area contributed by atoms with Crippen molar-refractivity contribution in [1.82, 2.24) is 0 Å². The van der Waals surface area contributed by atoms with E-state index in [0.717, 1.165) is 22.9 Å². The van der Waals surface area contributed by atoms with Crippen LogP contribution in [0.5, 0.6) is 11.5 Å². The minimum Gasteiger partial charge on any atom is -0.457 e. The van der Waals surface area contributed by atoms with Crippen LogP contribution in [0, 0.1) is 23.7 Å². The lowest BCUT2D eigenvalue weighted by molar-refractivity contribution is -0.123. The van der Waals surface area contributed by atoms with Gasteiger partial charge in [0, 0.05) is 0 Å². The Morgan fingerprint density at radius 3 is 2.03 bits per heavy atom. The summed E-state index contributed by atoms with van der Waals surface area (Å²) < 4.78 is 5.98. The molecule has 1 saturated carbocycles. The van der Waals surface area contributed by atoms with Gasteiger partial charge in [-0.25, -0.2) is 0 Å². The number of ether oxygens (including phenoxy) is 1. The molecule has 3 aromatic rings. The molecule has 6 rings (SSSR count). The molecule has 3 aromatic carbocycles. The van der Waals surface area contributed by atoms with Crippen molar-refractivity contribution in [2.24, 2.45) is 23.7 Å². The molecule has 4 nitrogen and oxygen atoms in total. The van der Waals surface area contributed by atoms with Crippen molar-refractivity contribution >= 4 is 28.3 Å². The predicted molar refractivity (Wildman–Crippen MR) is 111 cm³/mol. The number of carbonyl (C=O) groups excluding carboxylic acids is 2. The van der Waals surface area contributed by atoms with Crippen molar-refractivity contribution in [3.8, 4) is 11.5 Å². The average Bonchev–Trinajstić information content (AvgIpc) is 3.43. The molecule has 1 aliphatic heterocycles. The van der Waals surface area contributed by atoms with Gasteiger partial charge in [0.2, 0.25) is 11.8 Å². The van der Waals surface area contributed by atoms with E-state index >= 15 is 0 Å². The van der Waals surface area contributed by atoms with E-state index in [-0.39, 0.29) is 35.5 Å². The largest absolute Gasteiger partial charge is 0.457 e. The smallest absolute Gasteiger partial charge is 0.238 e. The van der Waals surface area contributed by atoms with Gasteiger partial charge in [0.1, 0.15) is 11.5 Å². The van der Waals surface area contributed by atoms with Gasteiger partial charge in [-0.15, -0.1) is 0 Å². The summed E-state index contributed by atoms with van der Waals surface area (Å²) in [6.07, 6.45) is 5.17. The van der Waals surface area contributed by atoms with Crippen molar-refractivity contribution in [2.45, 2.75) is 6.42 Å². The minimum absolute atomic E-state index is 0.0555. The van der Waals surface area contributed by atoms with Crippen LogP contribution in [-0.2, 0) is 9.59 Å². The van der Waals surface area contributed by atoms with E-state index in [4.69, 9.17) is 4.74 Å². The molecule has 2 aliphatic carbocycles. The summed E-state index contributed by atoms with van der Waals surface area (Å²) in [7, 11) is 0. The first-order chi connectivity index (χ1) is 14.2. The third-order valence-corrected chi connectivity index (χ3v) is 6.52. The topological polar surface area (TPSA) is 46.6 Å². The first-order valence-corrected chi connectivity index (χ1v) is 10.0. The molecule has 0 spiro atoms. The monoisotopic (exact) mass is 381 g/mol. The van der Waals surface area contributed by atoms with Gasteiger partial charge in [-0.3, -0.25) is 14.5 Å². The summed E-state index contributed by atoms with van der Waals surface area (Å²) in [5.41, 5.74) is 0.625. The highest BCUT2D eigenvalue weighted by Gasteiger charge is 2.59. The highest BCUT2D eigenvalue weighted by atomic mass is 16.5. The molecule has 1 heterocycles. The third kappa shape index (κ3) is 2.45. The Morgan fingerprint density at radius 1 is 0.724 bits per heavy atom. The molecule has 3 aliphatic rings. The highest BCUT2D eigenvalue weighted by molar-refractivity contribution is 6.22. The fourth-order valence-electron chi connectivity index (χ4n) is 5.19. The number of anilines is 1. The molecule has 0 N–H and O–H groups in total. The van der Waals surface area contributed by atoms with E-state index in [2.05, 4.69) is 24.3 Å². The number of carbonyl (C=O) groups is 2. The minimum atomic E-state index is -0.175. The van der Waals surface area contributed by atoms with Crippen LogP contribution in [0.15, 0.2) is 78.9 Å². The van der Waals surface area contributed by atoms with Crippen molar-refractivity contribution in [3.63, 3.8) is 0 Å². The molecule has 2 bridgehead atoms. The average molecular weight is 381 g/mol. The molecule has 1 saturated heterocycles. The van der Waals surface area contributed by atoms with Crippen molar-refractivity contribution < 1.29 is 14.3 Å². The number of benzene rings is 3. The number of fused-ring (bicyclic) bond motifs is 6. The summed E-state index contributed by atoms with van der Waals surface area (Å²) in [5, 5.41) is 2.28. The van der Waals surface area contributed by atoms with Gasteiger partial charge in [0.25, 0.3) is 0 Å². The number of hydrogen-bond acceptors (Lipinski definition) is 3. The van der Waals surface area contributed by atoms with Crippen LogP contribution < -0.4 is 9.64 Å². The van der Waals surface area contributed by atoms with Crippen LogP contribution in [0.25, 0.3) is 10.8 Å². The SMILES string of the molecule is O=C1[C@@H]2[C@@H](C(=O)N1c1ccc(Oc3ccc4ccccc4c3)cc1)[C@@H]1C=C[C@@H]2C1. The van der Waals surface area contributed by atoms with Gasteiger partial charge in [0.05, 0.1) is 17.5 Å². The van der Waals surface area contributed by atoms with Gasteiger partial charge in [-0.1, -0.05) is 42.5 Å². The Morgan fingerprint density at radius 2 is 1.34 bits per heavy atom. The molecule has 4 heteroatoms. The Balaban J connectivity index is 1.24. The number of allylic oxidation sites excluding steroid dienone is 2. The zero-order chi connectivity index (χ0) is 19.5. The van der Waals surface area contributed by atoms with Crippen LogP contribution in [0.2, 0.25) is 0 Å². The van der Waals surface area contributed by atoms with Crippen LogP contribution >= 0.6 is 0 Å². The van der Waals surface area contributed by atoms with E-state index in [1.54, 1.807) is 12.1 Å². The maximum Gasteiger partial charge on any atom is 0.238 e. The van der Waals surface area contributed by atoms with Crippen LogP contribution in [0.1, 0.15) is 6.42 Å². The normalized spacial score (nSPS) is 27.1. The fourth-order valence-corrected chi connectivity index (χ4v) is 5.19. The van der Waals surface area contributed by atoms with Gasteiger partial charge < -0.3 is 4.74 Å². The first-order valence-electron chi connectivity index (χ1n) is 10.0. The standard InChI is InChI=1S/C25H19NO3/c27-24-22-17-5-6-18(13-17)23(22)25(28)26(24)19-8-11-20(12-9-19)29-21-10-7-15-3-1-2-4-16(15)14-21/h1-12,14,17-18,22-23H,13H2/t17-,18-,22+,23+/m1/s1. The number of hydrogen-bond donors (Lipinski definition) is 0. The van der Waals surface area contributed by atoms with Crippen LogP contribution in [0.3, 0.4) is 0 Å². The molecule has 2 amide bonds. The Labute approximate surface area is 168 Å². The van der Waals surface area contributed by atoms with E-state index < -0.39 is 0 Å². The lowest BCUT2D eigenvalue weighted by Gasteiger charge is -2.17. The van der Waals surface area contributed by atoms with E-state index in [1.165, 1.54) is 4.90 Å². The number of nitrogens with zero attached hydrogens (tertiary/aromatic N) is 1. The van der Waals surface area contributed by atoms with Crippen molar-refractivity contribution in [1.29, 1.82) is 0 Å². The van der Waals surface area contributed by atoms with Gasteiger partial charge in [-0.2, -0.15) is 0 Å². The van der Waals surface area contributed by atoms with Gasteiger partial charge in [-0.05, 0) is 65.4 Å². The summed E-state index contributed by atoms with van der Waals surface area (Å²) in [5.74, 6) is 1.41. The van der Waals surface area contributed by atoms with E-state index in [0.29, 0.717) is 11.4 Å². The lowest BCUT2D eigenvalue weighted by Crippen LogP contribution is -2.32. The Kier molecular flexibility index (Phi) is 3.45. The summed E-state index contributed by atoms with van der Waals surface area (Å²) in [4.78, 5) is 27.2.